The number of nitrogens with zero attached hydrogens (tertiary/aromatic N) is 1. The maximum absolute atomic E-state index is 13.0. The monoisotopic (exact) mass is 348 g/mol. The zero-order valence-electron chi connectivity index (χ0n) is 14.6. The van der Waals surface area contributed by atoms with Gasteiger partial charge in [-0.3, -0.25) is 9.59 Å². The molecule has 2 heterocycles. The Balaban J connectivity index is 1.63. The summed E-state index contributed by atoms with van der Waals surface area (Å²) in [6, 6.07) is 14.7. The Morgan fingerprint density at radius 2 is 1.92 bits per heavy atom. The van der Waals surface area contributed by atoms with Crippen molar-refractivity contribution in [3.63, 3.8) is 0 Å². The Morgan fingerprint density at radius 1 is 1.15 bits per heavy atom. The fourth-order valence-electron chi connectivity index (χ4n) is 3.25. The molecule has 0 aromatic heterocycles. The van der Waals surface area contributed by atoms with Crippen LogP contribution in [-0.2, 0) is 9.59 Å². The first-order chi connectivity index (χ1) is 12.6. The Hall–Kier alpha value is -3.08. The summed E-state index contributed by atoms with van der Waals surface area (Å²) in [5.41, 5.74) is 3.56. The van der Waals surface area contributed by atoms with Crippen LogP contribution in [0.25, 0.3) is 6.08 Å². The van der Waals surface area contributed by atoms with Gasteiger partial charge in [-0.15, -0.1) is 0 Å². The second-order valence-electron chi connectivity index (χ2n) is 6.64. The Labute approximate surface area is 152 Å². The van der Waals surface area contributed by atoms with Gasteiger partial charge < -0.3 is 15.0 Å². The van der Waals surface area contributed by atoms with Crippen molar-refractivity contribution in [3.05, 3.63) is 65.2 Å². The fraction of sp³-hybridized carbons (Fsp3) is 0.238. The largest absolute Gasteiger partial charge is 0.489 e. The second kappa shape index (κ2) is 6.67. The summed E-state index contributed by atoms with van der Waals surface area (Å²) in [6.07, 6.45) is 2.45. The number of carbonyl (C=O) groups is 2. The summed E-state index contributed by atoms with van der Waals surface area (Å²) in [6.45, 7) is 2.88. The van der Waals surface area contributed by atoms with E-state index in [1.165, 1.54) is 0 Å². The number of anilines is 1. The van der Waals surface area contributed by atoms with E-state index < -0.39 is 6.04 Å². The molecule has 0 spiro atoms. The molecule has 26 heavy (non-hydrogen) atoms. The quantitative estimate of drug-likeness (QED) is 0.864. The number of para-hydroxylation sites is 1. The lowest BCUT2D eigenvalue weighted by molar-refractivity contribution is -0.145. The van der Waals surface area contributed by atoms with Gasteiger partial charge in [0.25, 0.3) is 5.91 Å². The molecule has 4 rings (SSSR count). The van der Waals surface area contributed by atoms with Crippen molar-refractivity contribution in [3.8, 4) is 5.75 Å². The summed E-state index contributed by atoms with van der Waals surface area (Å²) >= 11 is 0. The molecule has 0 radical (unpaired) electrons. The number of rotatable bonds is 4. The number of hydrogen-bond donors (Lipinski definition) is 1. The topological polar surface area (TPSA) is 58.6 Å². The maximum atomic E-state index is 13.0. The van der Waals surface area contributed by atoms with Crippen LogP contribution in [0, 0.1) is 6.92 Å². The van der Waals surface area contributed by atoms with Crippen molar-refractivity contribution in [2.75, 3.05) is 18.5 Å². The second-order valence-corrected chi connectivity index (χ2v) is 6.64. The first-order valence-electron chi connectivity index (χ1n) is 8.71. The van der Waals surface area contributed by atoms with Gasteiger partial charge in [0.15, 0.2) is 0 Å². The van der Waals surface area contributed by atoms with Crippen LogP contribution in [0.3, 0.4) is 0 Å². The minimum Gasteiger partial charge on any atom is -0.489 e. The highest BCUT2D eigenvalue weighted by Gasteiger charge is 2.38. The molecule has 0 aliphatic carbocycles. The van der Waals surface area contributed by atoms with Gasteiger partial charge in [-0.25, -0.2) is 0 Å². The standard InChI is InChI=1S/C21H20N2O3/c1-14-6-8-17(9-7-14)22-21(25)20(23-11-10-19(23)24)16-12-15-4-2-3-5-18(15)26-13-16/h2-9,12,20H,10-11,13H2,1H3,(H,22,25)/t20-/m1/s1. The number of hydrogen-bond acceptors (Lipinski definition) is 3. The predicted octanol–water partition coefficient (Wildman–Crippen LogP) is 3.01. The highest BCUT2D eigenvalue weighted by atomic mass is 16.5. The van der Waals surface area contributed by atoms with Gasteiger partial charge in [-0.2, -0.15) is 0 Å². The normalized spacial score (nSPS) is 16.7. The highest BCUT2D eigenvalue weighted by molar-refractivity contribution is 6.01. The van der Waals surface area contributed by atoms with Crippen LogP contribution in [0.4, 0.5) is 5.69 Å². The predicted molar refractivity (Wildman–Crippen MR) is 99.8 cm³/mol. The van der Waals surface area contributed by atoms with Crippen molar-refractivity contribution in [1.29, 1.82) is 0 Å². The van der Waals surface area contributed by atoms with E-state index in [1.54, 1.807) is 4.90 Å². The van der Waals surface area contributed by atoms with Crippen LogP contribution in [0.5, 0.6) is 5.75 Å². The molecule has 1 saturated heterocycles. The number of amides is 2. The van der Waals surface area contributed by atoms with E-state index in [1.807, 2.05) is 61.5 Å². The third-order valence-electron chi connectivity index (χ3n) is 4.77. The lowest BCUT2D eigenvalue weighted by atomic mass is 9.96. The fourth-order valence-corrected chi connectivity index (χ4v) is 3.25. The van der Waals surface area contributed by atoms with Gasteiger partial charge in [-0.1, -0.05) is 35.9 Å². The lowest BCUT2D eigenvalue weighted by Gasteiger charge is -2.39. The molecule has 5 nitrogen and oxygen atoms in total. The first kappa shape index (κ1) is 16.4. The van der Waals surface area contributed by atoms with Crippen LogP contribution >= 0.6 is 0 Å². The molecule has 5 heteroatoms. The Bertz CT molecular complexity index is 886. The molecule has 2 amide bonds. The molecule has 2 aliphatic heterocycles. The van der Waals surface area contributed by atoms with Crippen LogP contribution < -0.4 is 10.1 Å². The van der Waals surface area contributed by atoms with Gasteiger partial charge in [0.05, 0.1) is 0 Å². The van der Waals surface area contributed by atoms with Crippen molar-refractivity contribution >= 4 is 23.6 Å². The number of ether oxygens (including phenoxy) is 1. The minimum atomic E-state index is -0.647. The molecule has 132 valence electrons. The zero-order valence-corrected chi connectivity index (χ0v) is 14.6. The van der Waals surface area contributed by atoms with Gasteiger partial charge in [0.1, 0.15) is 18.4 Å². The summed E-state index contributed by atoms with van der Waals surface area (Å²) < 4.78 is 5.80. The van der Waals surface area contributed by atoms with Crippen LogP contribution in [0.1, 0.15) is 17.5 Å². The van der Waals surface area contributed by atoms with E-state index in [4.69, 9.17) is 4.74 Å². The molecule has 2 aromatic rings. The lowest BCUT2D eigenvalue weighted by Crippen LogP contribution is -2.56. The van der Waals surface area contributed by atoms with Crippen molar-refractivity contribution < 1.29 is 14.3 Å². The highest BCUT2D eigenvalue weighted by Crippen LogP contribution is 2.30. The Morgan fingerprint density at radius 3 is 2.62 bits per heavy atom. The van der Waals surface area contributed by atoms with Crippen molar-refractivity contribution in [2.24, 2.45) is 0 Å². The third-order valence-corrected chi connectivity index (χ3v) is 4.77. The van der Waals surface area contributed by atoms with Crippen LogP contribution in [-0.4, -0.2) is 35.9 Å². The molecule has 1 atom stereocenters. The van der Waals surface area contributed by atoms with E-state index in [9.17, 15) is 9.59 Å². The van der Waals surface area contributed by atoms with Crippen LogP contribution in [0.2, 0.25) is 0 Å². The number of benzene rings is 2. The number of aryl methyl sites for hydroxylation is 1. The molecule has 0 bridgehead atoms. The molecular weight excluding hydrogens is 328 g/mol. The first-order valence-corrected chi connectivity index (χ1v) is 8.71. The molecule has 0 unspecified atom stereocenters. The summed E-state index contributed by atoms with van der Waals surface area (Å²) in [7, 11) is 0. The van der Waals surface area contributed by atoms with Gasteiger partial charge >= 0.3 is 0 Å². The zero-order chi connectivity index (χ0) is 18.1. The Kier molecular flexibility index (Phi) is 4.21. The number of likely N-dealkylation sites (tertiary alicyclic amines) is 1. The molecule has 0 saturated carbocycles. The van der Waals surface area contributed by atoms with E-state index in [2.05, 4.69) is 5.32 Å². The minimum absolute atomic E-state index is 0.00573. The van der Waals surface area contributed by atoms with E-state index in [0.717, 1.165) is 28.1 Å². The third kappa shape index (κ3) is 3.08. The SMILES string of the molecule is Cc1ccc(NC(=O)[C@@H](C2=Cc3ccccc3OC2)N2CCC2=O)cc1. The van der Waals surface area contributed by atoms with Crippen LogP contribution in [0.15, 0.2) is 54.1 Å². The number of β-lactam (4-membered cyclic amide) rings is 1. The maximum Gasteiger partial charge on any atom is 0.251 e. The van der Waals surface area contributed by atoms with E-state index in [-0.39, 0.29) is 11.8 Å². The molecule has 1 fully saturated rings. The van der Waals surface area contributed by atoms with E-state index in [0.29, 0.717) is 19.6 Å². The van der Waals surface area contributed by atoms with Gasteiger partial charge in [-0.05, 0) is 36.8 Å². The molecule has 1 N–H and O–H groups in total. The van der Waals surface area contributed by atoms with Gasteiger partial charge in [0, 0.05) is 24.2 Å². The molecule has 2 aliphatic rings. The van der Waals surface area contributed by atoms with E-state index >= 15 is 0 Å². The summed E-state index contributed by atoms with van der Waals surface area (Å²) in [4.78, 5) is 26.6. The number of carbonyl (C=O) groups excluding carboxylic acids is 2. The summed E-state index contributed by atoms with van der Waals surface area (Å²) in [5, 5.41) is 2.93. The average Bonchev–Trinajstić information content (AvgIpc) is 2.66. The number of fused-ring (bicyclic) bond motifs is 1. The summed E-state index contributed by atoms with van der Waals surface area (Å²) in [5.74, 6) is 0.578. The smallest absolute Gasteiger partial charge is 0.251 e. The van der Waals surface area contributed by atoms with Crippen molar-refractivity contribution in [2.45, 2.75) is 19.4 Å². The molecule has 2 aromatic carbocycles. The van der Waals surface area contributed by atoms with Crippen molar-refractivity contribution in [1.82, 2.24) is 4.90 Å². The van der Waals surface area contributed by atoms with Gasteiger partial charge in [0.2, 0.25) is 5.91 Å². The molecular formula is C21H20N2O3. The number of nitrogens with one attached hydrogen (secondary N) is 1. The average molecular weight is 348 g/mol.